The Kier molecular flexibility index (Phi) is 3.83. The topological polar surface area (TPSA) is 29.9 Å². The van der Waals surface area contributed by atoms with E-state index in [4.69, 9.17) is 5.10 Å². The lowest BCUT2D eigenvalue weighted by atomic mass is 10.2. The molecule has 0 aliphatic heterocycles. The highest BCUT2D eigenvalue weighted by atomic mass is 15.3. The molecule has 3 rings (SSSR count). The van der Waals surface area contributed by atoms with Gasteiger partial charge < -0.3 is 5.32 Å². The molecule has 0 atom stereocenters. The first-order chi connectivity index (χ1) is 9.38. The molecule has 1 aromatic heterocycles. The fourth-order valence-electron chi connectivity index (χ4n) is 2.54. The molecule has 1 heterocycles. The van der Waals surface area contributed by atoms with Crippen LogP contribution in [0.2, 0.25) is 0 Å². The summed E-state index contributed by atoms with van der Waals surface area (Å²) in [4.78, 5) is 0. The molecule has 1 aliphatic rings. The summed E-state index contributed by atoms with van der Waals surface area (Å²) >= 11 is 0. The third kappa shape index (κ3) is 2.98. The number of nitrogens with one attached hydrogen (secondary N) is 1. The highest BCUT2D eigenvalue weighted by Crippen LogP contribution is 2.22. The highest BCUT2D eigenvalue weighted by Gasteiger charge is 2.21. The number of benzene rings is 1. The van der Waals surface area contributed by atoms with Gasteiger partial charge in [0.1, 0.15) is 0 Å². The Morgan fingerprint density at radius 1 is 1.26 bits per heavy atom. The zero-order valence-electron chi connectivity index (χ0n) is 11.7. The van der Waals surface area contributed by atoms with Crippen LogP contribution in [-0.2, 0) is 13.1 Å². The van der Waals surface area contributed by atoms with Crippen LogP contribution >= 0.6 is 0 Å². The van der Waals surface area contributed by atoms with E-state index in [1.807, 2.05) is 0 Å². The van der Waals surface area contributed by atoms with Gasteiger partial charge in [0, 0.05) is 24.5 Å². The fourth-order valence-corrected chi connectivity index (χ4v) is 2.54. The van der Waals surface area contributed by atoms with E-state index >= 15 is 0 Å². The molecule has 1 saturated carbocycles. The lowest BCUT2D eigenvalue weighted by Gasteiger charge is -2.02. The summed E-state index contributed by atoms with van der Waals surface area (Å²) in [7, 11) is 0. The summed E-state index contributed by atoms with van der Waals surface area (Å²) in [5, 5.41) is 9.70. The standard InChI is InChI=1S/C16H23N3/c1-2-3-6-11-19-16-8-5-4-7-14(16)15(18-19)12-17-13-9-10-13/h4-5,7-8,13,17H,2-3,6,9-12H2,1H3. The maximum Gasteiger partial charge on any atom is 0.0841 e. The minimum absolute atomic E-state index is 0.740. The van der Waals surface area contributed by atoms with Crippen LogP contribution in [0.1, 0.15) is 44.7 Å². The molecule has 0 saturated heterocycles. The van der Waals surface area contributed by atoms with Crippen molar-refractivity contribution >= 4 is 10.9 Å². The van der Waals surface area contributed by atoms with Crippen molar-refractivity contribution in [1.29, 1.82) is 0 Å². The first kappa shape index (κ1) is 12.7. The summed E-state index contributed by atoms with van der Waals surface area (Å²) in [5.74, 6) is 0. The van der Waals surface area contributed by atoms with Gasteiger partial charge in [0.25, 0.3) is 0 Å². The van der Waals surface area contributed by atoms with E-state index in [1.54, 1.807) is 0 Å². The van der Waals surface area contributed by atoms with E-state index in [2.05, 4.69) is 41.2 Å². The average molecular weight is 257 g/mol. The van der Waals surface area contributed by atoms with Crippen molar-refractivity contribution in [3.05, 3.63) is 30.0 Å². The largest absolute Gasteiger partial charge is 0.308 e. The monoisotopic (exact) mass is 257 g/mol. The third-order valence-corrected chi connectivity index (χ3v) is 3.84. The van der Waals surface area contributed by atoms with Gasteiger partial charge in [-0.05, 0) is 25.3 Å². The minimum Gasteiger partial charge on any atom is -0.308 e. The van der Waals surface area contributed by atoms with Crippen LogP contribution < -0.4 is 5.32 Å². The van der Waals surface area contributed by atoms with Gasteiger partial charge in [0.2, 0.25) is 0 Å². The Hall–Kier alpha value is -1.35. The van der Waals surface area contributed by atoms with Gasteiger partial charge in [-0.1, -0.05) is 38.0 Å². The van der Waals surface area contributed by atoms with Crippen molar-refractivity contribution in [2.75, 3.05) is 0 Å². The number of hydrogen-bond donors (Lipinski definition) is 1. The van der Waals surface area contributed by atoms with E-state index in [0.717, 1.165) is 19.1 Å². The Morgan fingerprint density at radius 2 is 2.11 bits per heavy atom. The summed E-state index contributed by atoms with van der Waals surface area (Å²) in [6.45, 7) is 4.19. The Balaban J connectivity index is 1.79. The quantitative estimate of drug-likeness (QED) is 0.770. The van der Waals surface area contributed by atoms with Gasteiger partial charge in [-0.15, -0.1) is 0 Å². The second kappa shape index (κ2) is 5.74. The molecule has 0 amide bonds. The van der Waals surface area contributed by atoms with Crippen molar-refractivity contribution in [3.8, 4) is 0 Å². The summed E-state index contributed by atoms with van der Waals surface area (Å²) in [6, 6.07) is 9.35. The Labute approximate surface area is 115 Å². The van der Waals surface area contributed by atoms with Gasteiger partial charge >= 0.3 is 0 Å². The van der Waals surface area contributed by atoms with E-state index < -0.39 is 0 Å². The number of fused-ring (bicyclic) bond motifs is 1. The molecule has 0 radical (unpaired) electrons. The Bertz CT molecular complexity index is 540. The zero-order valence-corrected chi connectivity index (χ0v) is 11.7. The summed E-state index contributed by atoms with van der Waals surface area (Å²) in [6.07, 6.45) is 6.42. The predicted octanol–water partition coefficient (Wildman–Crippen LogP) is 3.48. The van der Waals surface area contributed by atoms with Gasteiger partial charge in [-0.25, -0.2) is 0 Å². The van der Waals surface area contributed by atoms with E-state index in [0.29, 0.717) is 0 Å². The van der Waals surface area contributed by atoms with Crippen LogP contribution in [0.15, 0.2) is 24.3 Å². The predicted molar refractivity (Wildman–Crippen MR) is 79.1 cm³/mol. The zero-order chi connectivity index (χ0) is 13.1. The van der Waals surface area contributed by atoms with Gasteiger partial charge in [-0.2, -0.15) is 5.10 Å². The van der Waals surface area contributed by atoms with Gasteiger partial charge in [0.05, 0.1) is 11.2 Å². The molecular formula is C16H23N3. The highest BCUT2D eigenvalue weighted by molar-refractivity contribution is 5.81. The smallest absolute Gasteiger partial charge is 0.0841 e. The number of aryl methyl sites for hydroxylation is 1. The fraction of sp³-hybridized carbons (Fsp3) is 0.562. The van der Waals surface area contributed by atoms with Crippen LogP contribution in [-0.4, -0.2) is 15.8 Å². The molecule has 19 heavy (non-hydrogen) atoms. The van der Waals surface area contributed by atoms with Crippen LogP contribution in [0.25, 0.3) is 10.9 Å². The number of unbranched alkanes of at least 4 members (excludes halogenated alkanes) is 2. The third-order valence-electron chi connectivity index (χ3n) is 3.84. The van der Waals surface area contributed by atoms with Crippen molar-refractivity contribution < 1.29 is 0 Å². The molecule has 1 aromatic carbocycles. The molecule has 1 fully saturated rings. The molecule has 2 aromatic rings. The first-order valence-electron chi connectivity index (χ1n) is 7.56. The van der Waals surface area contributed by atoms with Gasteiger partial charge in [0.15, 0.2) is 0 Å². The average Bonchev–Trinajstić information content (AvgIpc) is 3.20. The lowest BCUT2D eigenvalue weighted by molar-refractivity contribution is 0.555. The van der Waals surface area contributed by atoms with Crippen molar-refractivity contribution in [2.45, 2.75) is 58.2 Å². The molecule has 1 N–H and O–H groups in total. The Morgan fingerprint density at radius 3 is 2.89 bits per heavy atom. The number of para-hydroxylation sites is 1. The lowest BCUT2D eigenvalue weighted by Crippen LogP contribution is -2.16. The number of aromatic nitrogens is 2. The number of rotatable bonds is 7. The van der Waals surface area contributed by atoms with Gasteiger partial charge in [-0.3, -0.25) is 4.68 Å². The van der Waals surface area contributed by atoms with Crippen LogP contribution in [0, 0.1) is 0 Å². The molecule has 0 unspecified atom stereocenters. The minimum atomic E-state index is 0.740. The van der Waals surface area contributed by atoms with E-state index in [1.165, 1.54) is 48.7 Å². The van der Waals surface area contributed by atoms with Crippen LogP contribution in [0.4, 0.5) is 0 Å². The van der Waals surface area contributed by atoms with Crippen LogP contribution in [0.3, 0.4) is 0 Å². The van der Waals surface area contributed by atoms with Crippen molar-refractivity contribution in [3.63, 3.8) is 0 Å². The normalized spacial score (nSPS) is 15.2. The molecular weight excluding hydrogens is 234 g/mol. The molecule has 102 valence electrons. The van der Waals surface area contributed by atoms with Crippen molar-refractivity contribution in [1.82, 2.24) is 15.1 Å². The maximum absolute atomic E-state index is 4.82. The molecule has 1 aliphatic carbocycles. The second-order valence-corrected chi connectivity index (χ2v) is 5.55. The molecule has 0 spiro atoms. The van der Waals surface area contributed by atoms with Crippen LogP contribution in [0.5, 0.6) is 0 Å². The molecule has 0 bridgehead atoms. The second-order valence-electron chi connectivity index (χ2n) is 5.55. The van der Waals surface area contributed by atoms with Crippen molar-refractivity contribution in [2.24, 2.45) is 0 Å². The number of nitrogens with zero attached hydrogens (tertiary/aromatic N) is 2. The molecule has 3 nitrogen and oxygen atoms in total. The summed E-state index contributed by atoms with van der Waals surface area (Å²) < 4.78 is 2.19. The molecule has 3 heteroatoms. The SMILES string of the molecule is CCCCCn1nc(CNC2CC2)c2ccccc21. The van der Waals surface area contributed by atoms with E-state index in [9.17, 15) is 0 Å². The number of hydrogen-bond acceptors (Lipinski definition) is 2. The first-order valence-corrected chi connectivity index (χ1v) is 7.56. The summed E-state index contributed by atoms with van der Waals surface area (Å²) in [5.41, 5.74) is 2.49. The maximum atomic E-state index is 4.82. The van der Waals surface area contributed by atoms with E-state index in [-0.39, 0.29) is 0 Å².